The number of halogens is 1. The largest absolute Gasteiger partial charge is 0.395 e. The summed E-state index contributed by atoms with van der Waals surface area (Å²) >= 11 is 5.75. The van der Waals surface area contributed by atoms with Gasteiger partial charge < -0.3 is 5.11 Å². The summed E-state index contributed by atoms with van der Waals surface area (Å²) in [5.41, 5.74) is 1.16. The molecular formula is C12H17ClN2O. The zero-order chi connectivity index (χ0) is 11.4. The molecule has 0 bridgehead atoms. The average molecular weight is 241 g/mol. The number of likely N-dealkylation sites (tertiary alicyclic amines) is 1. The number of hydrogen-bond donors (Lipinski definition) is 1. The Morgan fingerprint density at radius 3 is 3.00 bits per heavy atom. The summed E-state index contributed by atoms with van der Waals surface area (Å²) in [6.07, 6.45) is 5.35. The van der Waals surface area contributed by atoms with Crippen molar-refractivity contribution >= 4 is 11.6 Å². The minimum absolute atomic E-state index is 0.251. The summed E-state index contributed by atoms with van der Waals surface area (Å²) in [5, 5.41) is 9.83. The van der Waals surface area contributed by atoms with E-state index in [-0.39, 0.29) is 6.61 Å². The van der Waals surface area contributed by atoms with Crippen molar-refractivity contribution < 1.29 is 5.11 Å². The molecule has 1 aliphatic heterocycles. The molecule has 2 rings (SSSR count). The van der Waals surface area contributed by atoms with Crippen LogP contribution in [0.25, 0.3) is 0 Å². The topological polar surface area (TPSA) is 36.4 Å². The summed E-state index contributed by atoms with van der Waals surface area (Å²) in [6.45, 7) is 2.17. The van der Waals surface area contributed by atoms with E-state index in [0.717, 1.165) is 25.1 Å². The van der Waals surface area contributed by atoms with Gasteiger partial charge in [-0.15, -0.1) is 0 Å². The molecule has 88 valence electrons. The Bertz CT molecular complexity index is 328. The first-order valence-electron chi connectivity index (χ1n) is 5.75. The van der Waals surface area contributed by atoms with Gasteiger partial charge in [-0.1, -0.05) is 24.1 Å². The van der Waals surface area contributed by atoms with Gasteiger partial charge in [0.15, 0.2) is 0 Å². The highest BCUT2D eigenvalue weighted by atomic mass is 35.5. The zero-order valence-corrected chi connectivity index (χ0v) is 10.0. The van der Waals surface area contributed by atoms with Crippen LogP contribution in [0.15, 0.2) is 18.3 Å². The van der Waals surface area contributed by atoms with E-state index in [1.807, 2.05) is 18.3 Å². The fourth-order valence-corrected chi connectivity index (χ4v) is 2.32. The van der Waals surface area contributed by atoms with Gasteiger partial charge >= 0.3 is 0 Å². The molecule has 1 atom stereocenters. The van der Waals surface area contributed by atoms with E-state index in [0.29, 0.717) is 11.2 Å². The molecule has 1 aromatic rings. The lowest BCUT2D eigenvalue weighted by atomic mass is 10.0. The third-order valence-electron chi connectivity index (χ3n) is 3.13. The van der Waals surface area contributed by atoms with Crippen LogP contribution >= 0.6 is 11.6 Å². The van der Waals surface area contributed by atoms with Crippen molar-refractivity contribution in [2.24, 2.45) is 0 Å². The van der Waals surface area contributed by atoms with Crippen molar-refractivity contribution in [3.05, 3.63) is 29.0 Å². The van der Waals surface area contributed by atoms with E-state index >= 15 is 0 Å². The van der Waals surface area contributed by atoms with Crippen molar-refractivity contribution in [3.63, 3.8) is 0 Å². The number of hydrogen-bond acceptors (Lipinski definition) is 3. The lowest BCUT2D eigenvalue weighted by molar-refractivity contribution is 0.0840. The van der Waals surface area contributed by atoms with Gasteiger partial charge in [-0.2, -0.15) is 0 Å². The molecule has 0 unspecified atom stereocenters. The summed E-state index contributed by atoms with van der Waals surface area (Å²) in [6, 6.07) is 4.12. The predicted octanol–water partition coefficient (Wildman–Crippen LogP) is 2.08. The quantitative estimate of drug-likeness (QED) is 0.822. The molecule has 0 spiro atoms. The van der Waals surface area contributed by atoms with Gasteiger partial charge in [-0.05, 0) is 31.0 Å². The molecule has 1 aliphatic rings. The van der Waals surface area contributed by atoms with Crippen LogP contribution in [0.3, 0.4) is 0 Å². The Hall–Kier alpha value is -0.640. The van der Waals surface area contributed by atoms with Gasteiger partial charge in [0.25, 0.3) is 0 Å². The molecule has 1 saturated heterocycles. The molecule has 2 heterocycles. The van der Waals surface area contributed by atoms with Gasteiger partial charge in [-0.3, -0.25) is 4.90 Å². The van der Waals surface area contributed by atoms with E-state index < -0.39 is 0 Å². The molecule has 0 aromatic carbocycles. The van der Waals surface area contributed by atoms with E-state index in [1.54, 1.807) is 0 Å². The highest BCUT2D eigenvalue weighted by Crippen LogP contribution is 2.19. The number of aliphatic hydroxyl groups is 1. The molecular weight excluding hydrogens is 224 g/mol. The summed E-state index contributed by atoms with van der Waals surface area (Å²) in [4.78, 5) is 6.40. The second-order valence-electron chi connectivity index (χ2n) is 4.29. The van der Waals surface area contributed by atoms with Crippen LogP contribution in [0, 0.1) is 0 Å². The minimum atomic E-state index is 0.251. The second-order valence-corrected chi connectivity index (χ2v) is 4.68. The SMILES string of the molecule is OC[C@H]1CCCCN1Cc1ccc(Cl)nc1. The number of rotatable bonds is 3. The van der Waals surface area contributed by atoms with E-state index in [2.05, 4.69) is 9.88 Å². The Morgan fingerprint density at radius 1 is 1.44 bits per heavy atom. The molecule has 0 aliphatic carbocycles. The molecule has 1 aromatic heterocycles. The maximum absolute atomic E-state index is 9.31. The van der Waals surface area contributed by atoms with E-state index in [1.165, 1.54) is 12.8 Å². The molecule has 1 fully saturated rings. The van der Waals surface area contributed by atoms with Crippen LogP contribution in [0.2, 0.25) is 5.15 Å². The summed E-state index contributed by atoms with van der Waals surface area (Å²) < 4.78 is 0. The fraction of sp³-hybridized carbons (Fsp3) is 0.583. The molecule has 0 saturated carbocycles. The average Bonchev–Trinajstić information content (AvgIpc) is 2.33. The summed E-state index contributed by atoms with van der Waals surface area (Å²) in [5.74, 6) is 0. The van der Waals surface area contributed by atoms with Crippen molar-refractivity contribution in [1.82, 2.24) is 9.88 Å². The van der Waals surface area contributed by atoms with Gasteiger partial charge in [0, 0.05) is 18.8 Å². The second kappa shape index (κ2) is 5.62. The van der Waals surface area contributed by atoms with Gasteiger partial charge in [-0.25, -0.2) is 4.98 Å². The number of nitrogens with zero attached hydrogens (tertiary/aromatic N) is 2. The maximum atomic E-state index is 9.31. The first-order valence-corrected chi connectivity index (χ1v) is 6.13. The molecule has 4 heteroatoms. The minimum Gasteiger partial charge on any atom is -0.395 e. The molecule has 0 radical (unpaired) electrons. The van der Waals surface area contributed by atoms with Crippen molar-refractivity contribution in [2.75, 3.05) is 13.2 Å². The molecule has 3 nitrogen and oxygen atoms in total. The lowest BCUT2D eigenvalue weighted by Crippen LogP contribution is -2.41. The van der Waals surface area contributed by atoms with E-state index in [4.69, 9.17) is 11.6 Å². The van der Waals surface area contributed by atoms with Crippen LogP contribution in [0.1, 0.15) is 24.8 Å². The lowest BCUT2D eigenvalue weighted by Gasteiger charge is -2.34. The van der Waals surface area contributed by atoms with Crippen molar-refractivity contribution in [3.8, 4) is 0 Å². The van der Waals surface area contributed by atoms with Crippen molar-refractivity contribution in [2.45, 2.75) is 31.8 Å². The van der Waals surface area contributed by atoms with Gasteiger partial charge in [0.2, 0.25) is 0 Å². The maximum Gasteiger partial charge on any atom is 0.129 e. The number of piperidine rings is 1. The van der Waals surface area contributed by atoms with E-state index in [9.17, 15) is 5.11 Å². The predicted molar refractivity (Wildman–Crippen MR) is 64.4 cm³/mol. The smallest absolute Gasteiger partial charge is 0.129 e. The monoisotopic (exact) mass is 240 g/mol. The van der Waals surface area contributed by atoms with Crippen LogP contribution < -0.4 is 0 Å². The number of aliphatic hydroxyl groups excluding tert-OH is 1. The molecule has 0 amide bonds. The first kappa shape index (κ1) is 11.8. The highest BCUT2D eigenvalue weighted by Gasteiger charge is 2.21. The normalized spacial score (nSPS) is 22.2. The Balaban J connectivity index is 1.99. The van der Waals surface area contributed by atoms with Crippen LogP contribution in [0.5, 0.6) is 0 Å². The van der Waals surface area contributed by atoms with Crippen LogP contribution in [-0.4, -0.2) is 34.2 Å². The standard InChI is InChI=1S/C12H17ClN2O/c13-12-5-4-10(7-14-12)8-15-6-2-1-3-11(15)9-16/h4-5,7,11,16H,1-3,6,8-9H2/t11-/m1/s1. The van der Waals surface area contributed by atoms with Crippen molar-refractivity contribution in [1.29, 1.82) is 0 Å². The third kappa shape index (κ3) is 2.94. The Kier molecular flexibility index (Phi) is 4.16. The fourth-order valence-electron chi connectivity index (χ4n) is 2.21. The first-order chi connectivity index (χ1) is 7.79. The number of aromatic nitrogens is 1. The Morgan fingerprint density at radius 2 is 2.31 bits per heavy atom. The molecule has 16 heavy (non-hydrogen) atoms. The Labute approximate surface area is 101 Å². The van der Waals surface area contributed by atoms with Gasteiger partial charge in [0.1, 0.15) is 5.15 Å². The van der Waals surface area contributed by atoms with Crippen LogP contribution in [0.4, 0.5) is 0 Å². The molecule has 1 N–H and O–H groups in total. The third-order valence-corrected chi connectivity index (χ3v) is 3.36. The number of pyridine rings is 1. The van der Waals surface area contributed by atoms with Crippen LogP contribution in [-0.2, 0) is 6.54 Å². The van der Waals surface area contributed by atoms with Gasteiger partial charge in [0.05, 0.1) is 6.61 Å². The summed E-state index contributed by atoms with van der Waals surface area (Å²) in [7, 11) is 0. The zero-order valence-electron chi connectivity index (χ0n) is 9.27. The highest BCUT2D eigenvalue weighted by molar-refractivity contribution is 6.29.